The molecule has 94 valence electrons. The zero-order chi connectivity index (χ0) is 12.0. The molecule has 0 aromatic carbocycles. The highest BCUT2D eigenvalue weighted by Gasteiger charge is 2.43. The largest absolute Gasteiger partial charge is 0.0695 e. The molecule has 0 amide bonds. The van der Waals surface area contributed by atoms with E-state index in [2.05, 4.69) is 20.8 Å². The quantitative estimate of drug-likeness (QED) is 0.565. The maximum Gasteiger partial charge on any atom is -0.0216 e. The molecular weight excluding hydrogens is 204 g/mol. The van der Waals surface area contributed by atoms with Crippen LogP contribution < -0.4 is 0 Å². The Labute approximate surface area is 106 Å². The molecule has 0 bridgehead atoms. The van der Waals surface area contributed by atoms with Crippen LogP contribution in [0.1, 0.15) is 72.1 Å². The van der Waals surface area contributed by atoms with Gasteiger partial charge in [0.2, 0.25) is 0 Å². The smallest absolute Gasteiger partial charge is 0.0216 e. The molecule has 0 heteroatoms. The molecule has 0 unspecified atom stereocenters. The van der Waals surface area contributed by atoms with Gasteiger partial charge in [-0.1, -0.05) is 37.8 Å². The molecule has 1 spiro atoms. The summed E-state index contributed by atoms with van der Waals surface area (Å²) < 4.78 is 0. The molecule has 0 atom stereocenters. The van der Waals surface area contributed by atoms with Gasteiger partial charge >= 0.3 is 0 Å². The van der Waals surface area contributed by atoms with Crippen molar-refractivity contribution in [3.63, 3.8) is 0 Å². The Bertz CT molecular complexity index is 386. The van der Waals surface area contributed by atoms with Gasteiger partial charge in [-0.3, -0.25) is 0 Å². The van der Waals surface area contributed by atoms with Gasteiger partial charge in [0, 0.05) is 0 Å². The molecular formula is C17H26. The lowest BCUT2D eigenvalue weighted by atomic mass is 9.82. The van der Waals surface area contributed by atoms with Crippen molar-refractivity contribution >= 4 is 0 Å². The Morgan fingerprint density at radius 2 is 1.59 bits per heavy atom. The fourth-order valence-electron chi connectivity index (χ4n) is 4.48. The zero-order valence-corrected chi connectivity index (χ0v) is 11.7. The third-order valence-electron chi connectivity index (χ3n) is 5.50. The Balaban J connectivity index is 2.01. The van der Waals surface area contributed by atoms with Crippen molar-refractivity contribution in [3.8, 4) is 0 Å². The molecule has 3 aliphatic rings. The Hall–Kier alpha value is -0.520. The summed E-state index contributed by atoms with van der Waals surface area (Å²) in [6, 6.07) is 0. The van der Waals surface area contributed by atoms with E-state index >= 15 is 0 Å². The van der Waals surface area contributed by atoms with Gasteiger partial charge in [0.1, 0.15) is 0 Å². The van der Waals surface area contributed by atoms with Gasteiger partial charge in [0.25, 0.3) is 0 Å². The van der Waals surface area contributed by atoms with Crippen LogP contribution in [0, 0.1) is 11.3 Å². The zero-order valence-electron chi connectivity index (χ0n) is 11.7. The molecule has 0 aromatic heterocycles. The SMILES string of the molecule is CC1=C2CC3(CCCC3)CC2=C(C(C)C)CC1. The molecule has 17 heavy (non-hydrogen) atoms. The monoisotopic (exact) mass is 230 g/mol. The van der Waals surface area contributed by atoms with Crippen LogP contribution >= 0.6 is 0 Å². The van der Waals surface area contributed by atoms with Crippen molar-refractivity contribution in [2.75, 3.05) is 0 Å². The lowest BCUT2D eigenvalue weighted by Gasteiger charge is -2.23. The summed E-state index contributed by atoms with van der Waals surface area (Å²) in [6.07, 6.45) is 11.5. The highest BCUT2D eigenvalue weighted by Crippen LogP contribution is 2.58. The second-order valence-electron chi connectivity index (χ2n) is 6.98. The van der Waals surface area contributed by atoms with Crippen molar-refractivity contribution in [2.24, 2.45) is 11.3 Å². The van der Waals surface area contributed by atoms with Crippen molar-refractivity contribution in [3.05, 3.63) is 22.3 Å². The first-order chi connectivity index (χ1) is 8.11. The average Bonchev–Trinajstić information content (AvgIpc) is 2.87. The molecule has 0 radical (unpaired) electrons. The molecule has 0 aromatic rings. The van der Waals surface area contributed by atoms with Crippen molar-refractivity contribution < 1.29 is 0 Å². The fourth-order valence-corrected chi connectivity index (χ4v) is 4.48. The van der Waals surface area contributed by atoms with E-state index < -0.39 is 0 Å². The highest BCUT2D eigenvalue weighted by molar-refractivity contribution is 5.48. The molecule has 0 nitrogen and oxygen atoms in total. The van der Waals surface area contributed by atoms with E-state index in [9.17, 15) is 0 Å². The van der Waals surface area contributed by atoms with E-state index in [0.29, 0.717) is 5.41 Å². The van der Waals surface area contributed by atoms with Crippen LogP contribution in [0.2, 0.25) is 0 Å². The van der Waals surface area contributed by atoms with Gasteiger partial charge in [-0.25, -0.2) is 0 Å². The molecule has 2 saturated carbocycles. The topological polar surface area (TPSA) is 0 Å². The second-order valence-corrected chi connectivity index (χ2v) is 6.98. The van der Waals surface area contributed by atoms with Gasteiger partial charge < -0.3 is 0 Å². The fraction of sp³-hybridized carbons (Fsp3) is 0.765. The van der Waals surface area contributed by atoms with Gasteiger partial charge in [-0.2, -0.15) is 0 Å². The van der Waals surface area contributed by atoms with E-state index in [0.717, 1.165) is 5.92 Å². The maximum atomic E-state index is 2.39. The second kappa shape index (κ2) is 4.00. The minimum absolute atomic E-state index is 0.705. The van der Waals surface area contributed by atoms with Crippen LogP contribution in [0.5, 0.6) is 0 Å². The summed E-state index contributed by atoms with van der Waals surface area (Å²) >= 11 is 0. The lowest BCUT2D eigenvalue weighted by molar-refractivity contribution is 0.324. The van der Waals surface area contributed by atoms with Crippen molar-refractivity contribution in [1.82, 2.24) is 0 Å². The van der Waals surface area contributed by atoms with E-state index in [1.165, 1.54) is 51.4 Å². The van der Waals surface area contributed by atoms with E-state index in [1.54, 1.807) is 16.7 Å². The Kier molecular flexibility index (Phi) is 2.72. The molecule has 0 aliphatic heterocycles. The van der Waals surface area contributed by atoms with Crippen LogP contribution in [-0.2, 0) is 0 Å². The van der Waals surface area contributed by atoms with Crippen molar-refractivity contribution in [2.45, 2.75) is 72.1 Å². The summed E-state index contributed by atoms with van der Waals surface area (Å²) in [5, 5.41) is 0. The molecule has 2 fully saturated rings. The summed E-state index contributed by atoms with van der Waals surface area (Å²) in [4.78, 5) is 0. The van der Waals surface area contributed by atoms with E-state index in [4.69, 9.17) is 0 Å². The van der Waals surface area contributed by atoms with Crippen LogP contribution in [0.15, 0.2) is 22.3 Å². The van der Waals surface area contributed by atoms with Gasteiger partial charge in [-0.05, 0) is 67.9 Å². The average molecular weight is 230 g/mol. The molecule has 3 aliphatic carbocycles. The summed E-state index contributed by atoms with van der Waals surface area (Å²) in [5.41, 5.74) is 7.83. The predicted molar refractivity (Wildman–Crippen MR) is 73.9 cm³/mol. The normalized spacial score (nSPS) is 27.5. The minimum atomic E-state index is 0.705. The third kappa shape index (κ3) is 1.80. The minimum Gasteiger partial charge on any atom is -0.0695 e. The van der Waals surface area contributed by atoms with Crippen LogP contribution in [0.3, 0.4) is 0 Å². The first-order valence-corrected chi connectivity index (χ1v) is 7.52. The van der Waals surface area contributed by atoms with Crippen molar-refractivity contribution in [1.29, 1.82) is 0 Å². The van der Waals surface area contributed by atoms with E-state index in [1.807, 2.05) is 5.57 Å². The molecule has 3 rings (SSSR count). The summed E-state index contributed by atoms with van der Waals surface area (Å²) in [7, 11) is 0. The maximum absolute atomic E-state index is 2.39. The lowest BCUT2D eigenvalue weighted by Crippen LogP contribution is -2.10. The number of hydrogen-bond acceptors (Lipinski definition) is 0. The molecule has 0 heterocycles. The van der Waals surface area contributed by atoms with Gasteiger partial charge in [0.15, 0.2) is 0 Å². The van der Waals surface area contributed by atoms with Gasteiger partial charge in [0.05, 0.1) is 0 Å². The predicted octanol–water partition coefficient (Wildman–Crippen LogP) is 5.40. The standard InChI is InChI=1S/C17H26/c1-12(2)14-7-6-13(3)15-10-17(11-16(14)15)8-4-5-9-17/h12H,4-11H2,1-3H3. The number of hydrogen-bond donors (Lipinski definition) is 0. The van der Waals surface area contributed by atoms with Crippen LogP contribution in [0.4, 0.5) is 0 Å². The first kappa shape index (κ1) is 11.6. The van der Waals surface area contributed by atoms with E-state index in [-0.39, 0.29) is 0 Å². The number of rotatable bonds is 1. The third-order valence-corrected chi connectivity index (χ3v) is 5.50. The van der Waals surface area contributed by atoms with Gasteiger partial charge in [-0.15, -0.1) is 0 Å². The molecule has 0 saturated heterocycles. The first-order valence-electron chi connectivity index (χ1n) is 7.52. The summed E-state index contributed by atoms with van der Waals surface area (Å²) in [5.74, 6) is 0.768. The van der Waals surface area contributed by atoms with Crippen LogP contribution in [-0.4, -0.2) is 0 Å². The Morgan fingerprint density at radius 1 is 0.941 bits per heavy atom. The number of allylic oxidation sites excluding steroid dienone is 4. The summed E-state index contributed by atoms with van der Waals surface area (Å²) in [6.45, 7) is 7.17. The number of fused-ring (bicyclic) bond motifs is 1. The molecule has 0 N–H and O–H groups in total. The Morgan fingerprint density at radius 3 is 2.24 bits per heavy atom. The van der Waals surface area contributed by atoms with Crippen LogP contribution in [0.25, 0.3) is 0 Å². The highest BCUT2D eigenvalue weighted by atomic mass is 14.5.